The van der Waals surface area contributed by atoms with Gasteiger partial charge in [-0.15, -0.1) is 0 Å². The van der Waals surface area contributed by atoms with E-state index in [0.717, 1.165) is 25.1 Å². The van der Waals surface area contributed by atoms with Crippen molar-refractivity contribution in [1.29, 1.82) is 0 Å². The van der Waals surface area contributed by atoms with E-state index in [9.17, 15) is 5.11 Å². The van der Waals surface area contributed by atoms with E-state index in [1.54, 1.807) is 0 Å². The van der Waals surface area contributed by atoms with Crippen LogP contribution >= 0.6 is 0 Å². The standard InChI is InChI=1S/C15H21NO/c1-2-6-15(17)13-7-9-14(10-8-13)16-11-4-3-5-12-16/h6-10,17H,2-5,11-12H2,1H3/b15-6+. The number of aliphatic hydroxyl groups is 1. The van der Waals surface area contributed by atoms with E-state index in [-0.39, 0.29) is 0 Å². The van der Waals surface area contributed by atoms with E-state index in [2.05, 4.69) is 17.0 Å². The Hall–Kier alpha value is -1.44. The number of piperidine rings is 1. The highest BCUT2D eigenvalue weighted by Gasteiger charge is 2.10. The second kappa shape index (κ2) is 5.76. The Balaban J connectivity index is 2.09. The minimum Gasteiger partial charge on any atom is -0.508 e. The quantitative estimate of drug-likeness (QED) is 0.795. The molecule has 0 radical (unpaired) electrons. The van der Waals surface area contributed by atoms with Crippen LogP contribution in [0.15, 0.2) is 30.3 Å². The van der Waals surface area contributed by atoms with Gasteiger partial charge in [0, 0.05) is 24.3 Å². The summed E-state index contributed by atoms with van der Waals surface area (Å²) in [4.78, 5) is 2.42. The van der Waals surface area contributed by atoms with Crippen molar-refractivity contribution < 1.29 is 5.11 Å². The molecule has 2 heteroatoms. The molecule has 0 atom stereocenters. The minimum atomic E-state index is 0.387. The molecule has 1 fully saturated rings. The fourth-order valence-corrected chi connectivity index (χ4v) is 2.31. The molecule has 0 unspecified atom stereocenters. The van der Waals surface area contributed by atoms with Crippen LogP contribution in [-0.4, -0.2) is 18.2 Å². The first kappa shape index (κ1) is 12.0. The van der Waals surface area contributed by atoms with Gasteiger partial charge in [-0.05, 0) is 56.0 Å². The molecular formula is C15H21NO. The van der Waals surface area contributed by atoms with Crippen molar-refractivity contribution in [2.75, 3.05) is 18.0 Å². The number of nitrogens with zero attached hydrogens (tertiary/aromatic N) is 1. The van der Waals surface area contributed by atoms with Crippen molar-refractivity contribution in [3.63, 3.8) is 0 Å². The number of benzene rings is 1. The largest absolute Gasteiger partial charge is 0.508 e. The van der Waals surface area contributed by atoms with Gasteiger partial charge in [0.2, 0.25) is 0 Å². The number of hydrogen-bond acceptors (Lipinski definition) is 2. The van der Waals surface area contributed by atoms with Crippen molar-refractivity contribution in [2.24, 2.45) is 0 Å². The van der Waals surface area contributed by atoms with Crippen LogP contribution in [0, 0.1) is 0 Å². The van der Waals surface area contributed by atoms with Gasteiger partial charge >= 0.3 is 0 Å². The third-order valence-electron chi connectivity index (χ3n) is 3.28. The molecule has 1 heterocycles. The zero-order chi connectivity index (χ0) is 12.1. The summed E-state index contributed by atoms with van der Waals surface area (Å²) in [6, 6.07) is 8.23. The van der Waals surface area contributed by atoms with Crippen LogP contribution < -0.4 is 4.90 Å². The second-order valence-corrected chi connectivity index (χ2v) is 4.59. The summed E-state index contributed by atoms with van der Waals surface area (Å²) >= 11 is 0. The Morgan fingerprint density at radius 2 is 1.82 bits per heavy atom. The third-order valence-corrected chi connectivity index (χ3v) is 3.28. The Labute approximate surface area is 104 Å². The highest BCUT2D eigenvalue weighted by atomic mass is 16.3. The normalized spacial score (nSPS) is 17.2. The van der Waals surface area contributed by atoms with E-state index >= 15 is 0 Å². The first-order valence-electron chi connectivity index (χ1n) is 6.56. The first-order chi connectivity index (χ1) is 8.31. The van der Waals surface area contributed by atoms with Crippen LogP contribution in [0.5, 0.6) is 0 Å². The van der Waals surface area contributed by atoms with E-state index in [0.29, 0.717) is 5.76 Å². The number of rotatable bonds is 3. The molecule has 0 bridgehead atoms. The zero-order valence-electron chi connectivity index (χ0n) is 10.5. The topological polar surface area (TPSA) is 23.5 Å². The molecule has 2 nitrogen and oxygen atoms in total. The average molecular weight is 231 g/mol. The average Bonchev–Trinajstić information content (AvgIpc) is 2.40. The molecule has 0 aromatic heterocycles. The van der Waals surface area contributed by atoms with Crippen LogP contribution in [0.3, 0.4) is 0 Å². The summed E-state index contributed by atoms with van der Waals surface area (Å²) in [5.41, 5.74) is 2.19. The molecule has 0 saturated carbocycles. The lowest BCUT2D eigenvalue weighted by Crippen LogP contribution is -2.29. The molecule has 0 amide bonds. The smallest absolute Gasteiger partial charge is 0.118 e. The van der Waals surface area contributed by atoms with Crippen molar-refractivity contribution in [3.05, 3.63) is 35.9 Å². The molecule has 1 aromatic rings. The summed E-state index contributed by atoms with van der Waals surface area (Å²) < 4.78 is 0. The molecule has 1 N–H and O–H groups in total. The SMILES string of the molecule is CC/C=C(/O)c1ccc(N2CCCCC2)cc1. The molecule has 1 aliphatic heterocycles. The summed E-state index contributed by atoms with van der Waals surface area (Å²) in [6.07, 6.45) is 6.65. The maximum atomic E-state index is 9.77. The van der Waals surface area contributed by atoms with Gasteiger partial charge in [0.05, 0.1) is 0 Å². The van der Waals surface area contributed by atoms with Crippen LogP contribution in [0.25, 0.3) is 5.76 Å². The van der Waals surface area contributed by atoms with Crippen LogP contribution in [-0.2, 0) is 0 Å². The summed E-state index contributed by atoms with van der Waals surface area (Å²) in [6.45, 7) is 4.35. The Morgan fingerprint density at radius 3 is 2.41 bits per heavy atom. The van der Waals surface area contributed by atoms with Gasteiger partial charge in [-0.2, -0.15) is 0 Å². The highest BCUT2D eigenvalue weighted by molar-refractivity contribution is 5.61. The van der Waals surface area contributed by atoms with Gasteiger partial charge in [0.1, 0.15) is 5.76 Å². The molecule has 17 heavy (non-hydrogen) atoms. The van der Waals surface area contributed by atoms with E-state index < -0.39 is 0 Å². The minimum absolute atomic E-state index is 0.387. The lowest BCUT2D eigenvalue weighted by Gasteiger charge is -2.28. The van der Waals surface area contributed by atoms with Crippen molar-refractivity contribution >= 4 is 11.4 Å². The van der Waals surface area contributed by atoms with E-state index in [1.165, 1.54) is 24.9 Å². The monoisotopic (exact) mass is 231 g/mol. The van der Waals surface area contributed by atoms with Gasteiger partial charge in [0.15, 0.2) is 0 Å². The Morgan fingerprint density at radius 1 is 1.18 bits per heavy atom. The van der Waals surface area contributed by atoms with Gasteiger partial charge < -0.3 is 10.0 Å². The molecule has 1 aromatic carbocycles. The number of allylic oxidation sites excluding steroid dienone is 1. The van der Waals surface area contributed by atoms with E-state index in [4.69, 9.17) is 0 Å². The number of anilines is 1. The number of aliphatic hydroxyl groups excluding tert-OH is 1. The van der Waals surface area contributed by atoms with Crippen molar-refractivity contribution in [2.45, 2.75) is 32.6 Å². The molecule has 0 aliphatic carbocycles. The lowest BCUT2D eigenvalue weighted by molar-refractivity contribution is 0.509. The van der Waals surface area contributed by atoms with Gasteiger partial charge in [-0.3, -0.25) is 0 Å². The molecule has 0 spiro atoms. The fourth-order valence-electron chi connectivity index (χ4n) is 2.31. The van der Waals surface area contributed by atoms with Gasteiger partial charge in [-0.1, -0.05) is 6.92 Å². The summed E-state index contributed by atoms with van der Waals surface area (Å²) in [7, 11) is 0. The van der Waals surface area contributed by atoms with Crippen LogP contribution in [0.2, 0.25) is 0 Å². The maximum Gasteiger partial charge on any atom is 0.118 e. The summed E-state index contributed by atoms with van der Waals surface area (Å²) in [5, 5.41) is 9.77. The maximum absolute atomic E-state index is 9.77. The highest BCUT2D eigenvalue weighted by Crippen LogP contribution is 2.22. The van der Waals surface area contributed by atoms with Gasteiger partial charge in [-0.25, -0.2) is 0 Å². The van der Waals surface area contributed by atoms with Crippen molar-refractivity contribution in [3.8, 4) is 0 Å². The Kier molecular flexibility index (Phi) is 4.08. The predicted octanol–water partition coefficient (Wildman–Crippen LogP) is 3.99. The lowest BCUT2D eigenvalue weighted by atomic mass is 10.1. The molecule has 92 valence electrons. The second-order valence-electron chi connectivity index (χ2n) is 4.59. The zero-order valence-corrected chi connectivity index (χ0v) is 10.5. The molecular weight excluding hydrogens is 210 g/mol. The summed E-state index contributed by atoms with van der Waals surface area (Å²) in [5.74, 6) is 0.387. The molecule has 1 saturated heterocycles. The molecule has 1 aliphatic rings. The van der Waals surface area contributed by atoms with Gasteiger partial charge in [0.25, 0.3) is 0 Å². The van der Waals surface area contributed by atoms with Crippen LogP contribution in [0.4, 0.5) is 5.69 Å². The van der Waals surface area contributed by atoms with Crippen molar-refractivity contribution in [1.82, 2.24) is 0 Å². The Bertz CT molecular complexity index is 374. The van der Waals surface area contributed by atoms with Crippen LogP contribution in [0.1, 0.15) is 38.2 Å². The number of hydrogen-bond donors (Lipinski definition) is 1. The molecule has 2 rings (SSSR count). The van der Waals surface area contributed by atoms with E-state index in [1.807, 2.05) is 25.1 Å². The fraction of sp³-hybridized carbons (Fsp3) is 0.467. The third kappa shape index (κ3) is 3.02. The predicted molar refractivity (Wildman–Crippen MR) is 73.4 cm³/mol. The first-order valence-corrected chi connectivity index (χ1v) is 6.56.